The van der Waals surface area contributed by atoms with E-state index in [1.165, 1.54) is 30.4 Å². The Morgan fingerprint density at radius 3 is 2.33 bits per heavy atom. The second-order valence-corrected chi connectivity index (χ2v) is 12.1. The maximum atomic E-state index is 2.58. The molecule has 2 aromatic carbocycles. The molecule has 0 radical (unpaired) electrons. The van der Waals surface area contributed by atoms with Crippen molar-refractivity contribution in [2.75, 3.05) is 0 Å². The quantitative estimate of drug-likeness (QED) is 0.585. The van der Waals surface area contributed by atoms with Crippen molar-refractivity contribution in [2.45, 2.75) is 55.5 Å². The molecule has 2 aromatic rings. The summed E-state index contributed by atoms with van der Waals surface area (Å²) in [6, 6.07) is 20.3. The van der Waals surface area contributed by atoms with Crippen LogP contribution in [0.1, 0.15) is 68.6 Å². The molecule has 3 atom stereocenters. The van der Waals surface area contributed by atoms with E-state index in [4.69, 9.17) is 0 Å². The minimum absolute atomic E-state index is 0. The van der Waals surface area contributed by atoms with Gasteiger partial charge in [0.25, 0.3) is 0 Å². The largest absolute Gasteiger partial charge is 1.00 e. The maximum absolute atomic E-state index is 2.58. The Kier molecular flexibility index (Phi) is 7.71. The third-order valence-corrected chi connectivity index (χ3v) is 12.5. The van der Waals surface area contributed by atoms with Crippen molar-refractivity contribution in [3.05, 3.63) is 97.4 Å². The molecule has 0 amide bonds. The van der Waals surface area contributed by atoms with Gasteiger partial charge in [0.1, 0.15) is 0 Å². The molecule has 0 aromatic heterocycles. The number of halogens is 2. The molecule has 3 heteroatoms. The Labute approximate surface area is 205 Å². The van der Waals surface area contributed by atoms with Gasteiger partial charge in [-0.1, -0.05) is 0 Å². The zero-order valence-corrected chi connectivity index (χ0v) is 21.9. The Bertz CT molecular complexity index is 1020. The molecular formula is C27H28Cl2Zr. The summed E-state index contributed by atoms with van der Waals surface area (Å²) in [6.45, 7) is 7.24. The van der Waals surface area contributed by atoms with Gasteiger partial charge in [0, 0.05) is 0 Å². The monoisotopic (exact) mass is 512 g/mol. The van der Waals surface area contributed by atoms with Gasteiger partial charge < -0.3 is 24.8 Å². The van der Waals surface area contributed by atoms with Crippen LogP contribution in [0.15, 0.2) is 80.7 Å². The molecule has 0 nitrogen and oxygen atoms in total. The Hall–Kier alpha value is -0.877. The predicted molar refractivity (Wildman–Crippen MR) is 115 cm³/mol. The van der Waals surface area contributed by atoms with Crippen LogP contribution in [0.5, 0.6) is 0 Å². The topological polar surface area (TPSA) is 0 Å². The van der Waals surface area contributed by atoms with Crippen LogP contribution in [-0.4, -0.2) is 0 Å². The average molecular weight is 515 g/mol. The van der Waals surface area contributed by atoms with E-state index in [2.05, 4.69) is 81.4 Å². The first-order chi connectivity index (χ1) is 13.6. The van der Waals surface area contributed by atoms with Crippen molar-refractivity contribution >= 4 is 5.57 Å². The van der Waals surface area contributed by atoms with E-state index < -0.39 is 23.2 Å². The number of allylic oxidation sites excluding steroid dienone is 6. The van der Waals surface area contributed by atoms with E-state index in [1.807, 2.05) is 8.85 Å². The number of benzene rings is 2. The van der Waals surface area contributed by atoms with E-state index in [-0.39, 0.29) is 24.8 Å². The van der Waals surface area contributed by atoms with E-state index in [0.717, 1.165) is 3.63 Å². The summed E-state index contributed by atoms with van der Waals surface area (Å²) in [4.78, 5) is 0. The van der Waals surface area contributed by atoms with Crippen molar-refractivity contribution in [1.29, 1.82) is 0 Å². The molecule has 0 bridgehead atoms. The summed E-state index contributed by atoms with van der Waals surface area (Å²) in [5, 5.41) is 0. The molecule has 0 spiro atoms. The van der Waals surface area contributed by atoms with Crippen molar-refractivity contribution in [3.63, 3.8) is 0 Å². The molecule has 0 saturated heterocycles. The van der Waals surface area contributed by atoms with E-state index in [1.54, 1.807) is 22.3 Å². The van der Waals surface area contributed by atoms with Crippen LogP contribution < -0.4 is 24.8 Å². The zero-order valence-electron chi connectivity index (χ0n) is 17.9. The fourth-order valence-corrected chi connectivity index (χ4v) is 10.2. The van der Waals surface area contributed by atoms with Crippen LogP contribution in [-0.2, 0) is 23.2 Å². The number of hydrogen-bond acceptors (Lipinski definition) is 0. The summed E-state index contributed by atoms with van der Waals surface area (Å²) in [5.74, 6) is 1.26. The minimum Gasteiger partial charge on any atom is -1.00 e. The van der Waals surface area contributed by atoms with Crippen LogP contribution in [0.25, 0.3) is 5.57 Å². The van der Waals surface area contributed by atoms with Gasteiger partial charge in [-0.15, -0.1) is 0 Å². The van der Waals surface area contributed by atoms with Crippen molar-refractivity contribution in [1.82, 2.24) is 0 Å². The van der Waals surface area contributed by atoms with Crippen LogP contribution >= 0.6 is 0 Å². The van der Waals surface area contributed by atoms with Crippen LogP contribution in [0.2, 0.25) is 3.63 Å². The van der Waals surface area contributed by atoms with Crippen LogP contribution in [0.4, 0.5) is 0 Å². The van der Waals surface area contributed by atoms with Crippen LogP contribution in [0.3, 0.4) is 0 Å². The standard InChI is InChI=1S/C16H17.C11H11.2ClH.Zr/c1-12-10-14-8-5-9-15(16(14)11-12)13-6-3-2-4-7-13;1-8-7-9(2)11-6-4-3-5-10(8)11;;;/h2-4,6-7,10-11,15H,5,8-9H2,1H3;3-6,8H,1-2H3;2*1H;/q;;;;+2/p-2. The first-order valence-corrected chi connectivity index (χ1v) is 13.3. The molecule has 0 saturated carbocycles. The summed E-state index contributed by atoms with van der Waals surface area (Å²) < 4.78 is 2.62. The number of rotatable bonds is 3. The normalized spacial score (nSPS) is 24.4. The number of fused-ring (bicyclic) bond motifs is 1. The summed E-state index contributed by atoms with van der Waals surface area (Å²) >= 11 is -0.705. The second kappa shape index (κ2) is 9.73. The number of hydrogen-bond donors (Lipinski definition) is 0. The predicted octanol–water partition coefficient (Wildman–Crippen LogP) is 1.64. The Balaban J connectivity index is 0.00000128. The molecule has 0 fully saturated rings. The van der Waals surface area contributed by atoms with E-state index in [9.17, 15) is 0 Å². The van der Waals surface area contributed by atoms with Crippen LogP contribution in [0, 0.1) is 0 Å². The molecular weight excluding hydrogens is 486 g/mol. The molecule has 30 heavy (non-hydrogen) atoms. The fraction of sp³-hybridized carbons (Fsp3) is 0.333. The minimum atomic E-state index is -0.705. The van der Waals surface area contributed by atoms with Gasteiger partial charge in [-0.2, -0.15) is 0 Å². The van der Waals surface area contributed by atoms with Crippen molar-refractivity contribution in [2.24, 2.45) is 0 Å². The fourth-order valence-electron chi connectivity index (χ4n) is 5.59. The molecule has 5 rings (SSSR count). The van der Waals surface area contributed by atoms with Gasteiger partial charge in [-0.25, -0.2) is 0 Å². The molecule has 0 heterocycles. The van der Waals surface area contributed by atoms with Gasteiger partial charge in [0.2, 0.25) is 0 Å². The smallest absolute Gasteiger partial charge is 1.00 e. The molecule has 3 aliphatic rings. The van der Waals surface area contributed by atoms with E-state index in [0.29, 0.717) is 11.8 Å². The van der Waals surface area contributed by atoms with E-state index >= 15 is 0 Å². The summed E-state index contributed by atoms with van der Waals surface area (Å²) in [6.07, 6.45) is 6.57. The first kappa shape index (κ1) is 23.8. The molecule has 3 aliphatic carbocycles. The summed E-state index contributed by atoms with van der Waals surface area (Å²) in [5.41, 5.74) is 11.4. The zero-order chi connectivity index (χ0) is 19.3. The SMILES string of the molecule is CC1=CC2=C(CCCC2c2ccccc2)[CH]1[Zr+2][C]1=C(C)c2ccccc2C1C.[Cl-].[Cl-]. The summed E-state index contributed by atoms with van der Waals surface area (Å²) in [7, 11) is 0. The Morgan fingerprint density at radius 1 is 0.900 bits per heavy atom. The first-order valence-electron chi connectivity index (χ1n) is 10.7. The van der Waals surface area contributed by atoms with Crippen molar-refractivity contribution < 1.29 is 48.0 Å². The third-order valence-electron chi connectivity index (χ3n) is 7.04. The van der Waals surface area contributed by atoms with Gasteiger partial charge in [-0.05, 0) is 0 Å². The van der Waals surface area contributed by atoms with Gasteiger partial charge >= 0.3 is 182 Å². The van der Waals surface area contributed by atoms with Crippen molar-refractivity contribution in [3.8, 4) is 0 Å². The Morgan fingerprint density at radius 2 is 1.60 bits per heavy atom. The van der Waals surface area contributed by atoms with Gasteiger partial charge in [0.05, 0.1) is 0 Å². The molecule has 154 valence electrons. The van der Waals surface area contributed by atoms with Gasteiger partial charge in [0.15, 0.2) is 0 Å². The molecule has 3 unspecified atom stereocenters. The average Bonchev–Trinajstić information content (AvgIpc) is 3.18. The molecule has 0 aliphatic heterocycles. The maximum Gasteiger partial charge on any atom is -1.00 e. The third kappa shape index (κ3) is 3.99. The second-order valence-electron chi connectivity index (χ2n) is 8.65. The molecule has 0 N–H and O–H groups in total. The van der Waals surface area contributed by atoms with Gasteiger partial charge in [-0.3, -0.25) is 0 Å².